The largest absolute Gasteiger partial charge is 0.340 e. The van der Waals surface area contributed by atoms with Crippen molar-refractivity contribution in [2.45, 2.75) is 5.92 Å². The summed E-state index contributed by atoms with van der Waals surface area (Å²) < 4.78 is 2.22. The van der Waals surface area contributed by atoms with Gasteiger partial charge >= 0.3 is 5.69 Å². The summed E-state index contributed by atoms with van der Waals surface area (Å²) in [6, 6.07) is 14.9. The molecule has 1 aliphatic carbocycles. The molecule has 1 atom stereocenters. The number of fused-ring (bicyclic) bond motifs is 3. The van der Waals surface area contributed by atoms with Gasteiger partial charge in [-0.05, 0) is 17.7 Å². The molecule has 2 aromatic carbocycles. The second kappa shape index (κ2) is 5.90. The summed E-state index contributed by atoms with van der Waals surface area (Å²) in [6.45, 7) is 0. The van der Waals surface area contributed by atoms with Crippen LogP contribution in [0.5, 0.6) is 0 Å². The lowest BCUT2D eigenvalue weighted by Gasteiger charge is -2.29. The number of aromatic amines is 1. The highest BCUT2D eigenvalue weighted by Crippen LogP contribution is 2.47. The first-order valence-corrected chi connectivity index (χ1v) is 9.50. The maximum absolute atomic E-state index is 13.3. The molecule has 0 bridgehead atoms. The van der Waals surface area contributed by atoms with Crippen LogP contribution < -0.4 is 16.6 Å². The second-order valence-electron chi connectivity index (χ2n) is 6.86. The molecule has 5 rings (SSSR count). The van der Waals surface area contributed by atoms with Gasteiger partial charge < -0.3 is 5.32 Å². The predicted molar refractivity (Wildman–Crippen MR) is 110 cm³/mol. The molecular formula is C21H14BrN3O3. The summed E-state index contributed by atoms with van der Waals surface area (Å²) in [4.78, 5) is 40.7. The standard InChI is InChI=1S/C21H14BrN3O3/c1-25-19-16(20(27)24-21(25)28)14(10-5-4-6-11(22)9-10)15-17(23-19)12-7-2-3-8-13(12)18(15)26/h2-9,14,23H,1H3,(H,24,27,28). The van der Waals surface area contributed by atoms with Crippen LogP contribution in [0.15, 0.2) is 68.2 Å². The molecule has 2 N–H and O–H groups in total. The molecule has 0 fully saturated rings. The minimum Gasteiger partial charge on any atom is -0.340 e. The molecule has 6 nitrogen and oxygen atoms in total. The zero-order valence-electron chi connectivity index (χ0n) is 14.7. The minimum absolute atomic E-state index is 0.109. The number of H-pyrrole nitrogens is 1. The third kappa shape index (κ3) is 2.23. The number of rotatable bonds is 1. The van der Waals surface area contributed by atoms with Gasteiger partial charge in [-0.25, -0.2) is 4.79 Å². The van der Waals surface area contributed by atoms with Crippen LogP contribution in [0.4, 0.5) is 5.82 Å². The van der Waals surface area contributed by atoms with Crippen LogP contribution in [0.1, 0.15) is 33.0 Å². The number of aromatic nitrogens is 2. The number of allylic oxidation sites excluding steroid dienone is 1. The van der Waals surface area contributed by atoms with Gasteiger partial charge in [0.1, 0.15) is 5.82 Å². The van der Waals surface area contributed by atoms with Gasteiger partial charge in [-0.2, -0.15) is 0 Å². The van der Waals surface area contributed by atoms with Gasteiger partial charge in [0.25, 0.3) is 5.56 Å². The van der Waals surface area contributed by atoms with Crippen LogP contribution in [0.3, 0.4) is 0 Å². The van der Waals surface area contributed by atoms with E-state index in [0.29, 0.717) is 28.2 Å². The third-order valence-corrected chi connectivity index (χ3v) is 5.81. The van der Waals surface area contributed by atoms with E-state index in [0.717, 1.165) is 15.6 Å². The lowest BCUT2D eigenvalue weighted by atomic mass is 9.81. The lowest BCUT2D eigenvalue weighted by molar-refractivity contribution is 0.103. The predicted octanol–water partition coefficient (Wildman–Crippen LogP) is 3.00. The maximum Gasteiger partial charge on any atom is 0.329 e. The van der Waals surface area contributed by atoms with Gasteiger partial charge in [-0.1, -0.05) is 52.3 Å². The van der Waals surface area contributed by atoms with E-state index < -0.39 is 17.2 Å². The van der Waals surface area contributed by atoms with Gasteiger partial charge in [0, 0.05) is 34.1 Å². The smallest absolute Gasteiger partial charge is 0.329 e. The minimum atomic E-state index is -0.584. The number of benzene rings is 2. The Morgan fingerprint density at radius 1 is 1.00 bits per heavy atom. The van der Waals surface area contributed by atoms with E-state index in [-0.39, 0.29) is 5.78 Å². The van der Waals surface area contributed by atoms with E-state index in [2.05, 4.69) is 26.2 Å². The van der Waals surface area contributed by atoms with E-state index >= 15 is 0 Å². The Balaban J connectivity index is 1.88. The number of carbonyl (C=O) groups excluding carboxylic acids is 1. The second-order valence-corrected chi connectivity index (χ2v) is 7.77. The number of hydrogen-bond donors (Lipinski definition) is 2. The molecule has 1 aromatic heterocycles. The van der Waals surface area contributed by atoms with Crippen LogP contribution in [0.2, 0.25) is 0 Å². The van der Waals surface area contributed by atoms with Crippen molar-refractivity contribution in [2.24, 2.45) is 7.05 Å². The molecule has 0 saturated carbocycles. The highest BCUT2D eigenvalue weighted by molar-refractivity contribution is 9.10. The molecule has 138 valence electrons. The number of ketones is 1. The zero-order valence-corrected chi connectivity index (χ0v) is 16.3. The van der Waals surface area contributed by atoms with E-state index in [9.17, 15) is 14.4 Å². The summed E-state index contributed by atoms with van der Waals surface area (Å²) in [6.07, 6.45) is 0. The molecule has 1 unspecified atom stereocenters. The molecule has 0 saturated heterocycles. The SMILES string of the molecule is Cn1c2c(c(=O)[nH]c1=O)C(c1cccc(Br)c1)C1=C(N2)c2ccccc2C1=O. The van der Waals surface area contributed by atoms with Crippen molar-refractivity contribution in [3.05, 3.63) is 102 Å². The van der Waals surface area contributed by atoms with Crippen LogP contribution >= 0.6 is 15.9 Å². The summed E-state index contributed by atoms with van der Waals surface area (Å²) in [5, 5.41) is 3.20. The molecular weight excluding hydrogens is 422 g/mol. The number of anilines is 1. The van der Waals surface area contributed by atoms with Crippen molar-refractivity contribution in [3.8, 4) is 0 Å². The summed E-state index contributed by atoms with van der Waals surface area (Å²) in [5.41, 5.74) is 2.71. The highest BCUT2D eigenvalue weighted by Gasteiger charge is 2.42. The highest BCUT2D eigenvalue weighted by atomic mass is 79.9. The van der Waals surface area contributed by atoms with Gasteiger partial charge in [-0.15, -0.1) is 0 Å². The first-order valence-electron chi connectivity index (χ1n) is 8.71. The van der Waals surface area contributed by atoms with Crippen molar-refractivity contribution < 1.29 is 4.79 Å². The average Bonchev–Trinajstić information content (AvgIpc) is 2.97. The summed E-state index contributed by atoms with van der Waals surface area (Å²) >= 11 is 3.47. The maximum atomic E-state index is 13.3. The molecule has 0 radical (unpaired) electrons. The molecule has 0 spiro atoms. The van der Waals surface area contributed by atoms with E-state index in [1.165, 1.54) is 4.57 Å². The van der Waals surface area contributed by atoms with Crippen LogP contribution in [0.25, 0.3) is 5.70 Å². The Hall–Kier alpha value is -3.19. The van der Waals surface area contributed by atoms with Crippen molar-refractivity contribution >= 4 is 33.2 Å². The fraction of sp³-hybridized carbons (Fsp3) is 0.0952. The number of Topliss-reactive ketones (excluding diaryl/α,β-unsaturated/α-hetero) is 1. The Morgan fingerprint density at radius 3 is 2.50 bits per heavy atom. The molecule has 2 heterocycles. The molecule has 1 aliphatic heterocycles. The molecule has 3 aromatic rings. The number of nitrogens with zero attached hydrogens (tertiary/aromatic N) is 1. The van der Waals surface area contributed by atoms with Crippen LogP contribution in [-0.2, 0) is 7.05 Å². The van der Waals surface area contributed by atoms with Gasteiger partial charge in [0.05, 0.1) is 11.3 Å². The number of halogens is 1. The normalized spacial score (nSPS) is 17.1. The van der Waals surface area contributed by atoms with Crippen LogP contribution in [0, 0.1) is 0 Å². The zero-order chi connectivity index (χ0) is 19.6. The fourth-order valence-corrected chi connectivity index (χ4v) is 4.47. The first-order chi connectivity index (χ1) is 13.5. The first kappa shape index (κ1) is 16.9. The van der Waals surface area contributed by atoms with E-state index in [1.54, 1.807) is 13.1 Å². The lowest BCUT2D eigenvalue weighted by Crippen LogP contribution is -2.37. The van der Waals surface area contributed by atoms with E-state index in [4.69, 9.17) is 0 Å². The number of hydrogen-bond acceptors (Lipinski definition) is 4. The van der Waals surface area contributed by atoms with E-state index in [1.807, 2.05) is 42.5 Å². The third-order valence-electron chi connectivity index (χ3n) is 5.32. The topological polar surface area (TPSA) is 84.0 Å². The van der Waals surface area contributed by atoms with Crippen molar-refractivity contribution in [1.82, 2.24) is 9.55 Å². The summed E-state index contributed by atoms with van der Waals surface area (Å²) in [5.74, 6) is -0.289. The molecule has 0 amide bonds. The van der Waals surface area contributed by atoms with Crippen molar-refractivity contribution in [2.75, 3.05) is 5.32 Å². The fourth-order valence-electron chi connectivity index (χ4n) is 4.05. The van der Waals surface area contributed by atoms with Gasteiger partial charge in [0.2, 0.25) is 0 Å². The van der Waals surface area contributed by atoms with Crippen LogP contribution in [-0.4, -0.2) is 15.3 Å². The quantitative estimate of drug-likeness (QED) is 0.615. The number of carbonyl (C=O) groups is 1. The Kier molecular flexibility index (Phi) is 3.57. The monoisotopic (exact) mass is 435 g/mol. The molecule has 2 aliphatic rings. The Labute approximate surface area is 167 Å². The van der Waals surface area contributed by atoms with Crippen molar-refractivity contribution in [1.29, 1.82) is 0 Å². The van der Waals surface area contributed by atoms with Crippen molar-refractivity contribution in [3.63, 3.8) is 0 Å². The van der Waals surface area contributed by atoms with Gasteiger partial charge in [-0.3, -0.25) is 19.1 Å². The summed E-state index contributed by atoms with van der Waals surface area (Å²) in [7, 11) is 1.59. The average molecular weight is 436 g/mol. The molecule has 28 heavy (non-hydrogen) atoms. The Morgan fingerprint density at radius 2 is 1.75 bits per heavy atom. The molecule has 7 heteroatoms. The number of nitrogens with one attached hydrogen (secondary N) is 2. The Bertz CT molecular complexity index is 1330. The van der Waals surface area contributed by atoms with Gasteiger partial charge in [0.15, 0.2) is 5.78 Å².